The molecule has 2 aromatic heterocycles. The van der Waals surface area contributed by atoms with Crippen molar-refractivity contribution in [2.45, 2.75) is 31.2 Å². The predicted molar refractivity (Wildman–Crippen MR) is 110 cm³/mol. The minimum atomic E-state index is -1.49. The molecule has 0 radical (unpaired) electrons. The second-order valence-electron chi connectivity index (χ2n) is 7.66. The molecule has 2 N–H and O–H groups in total. The molecule has 1 aliphatic carbocycles. The zero-order valence-corrected chi connectivity index (χ0v) is 16.8. The summed E-state index contributed by atoms with van der Waals surface area (Å²) in [4.78, 5) is 23.4. The summed E-state index contributed by atoms with van der Waals surface area (Å²) in [5.41, 5.74) is 7.08. The van der Waals surface area contributed by atoms with Gasteiger partial charge in [0.25, 0.3) is 5.91 Å². The van der Waals surface area contributed by atoms with E-state index in [-0.39, 0.29) is 23.7 Å². The van der Waals surface area contributed by atoms with Crippen LogP contribution in [-0.2, 0) is 17.0 Å². The van der Waals surface area contributed by atoms with Crippen molar-refractivity contribution in [1.82, 2.24) is 15.0 Å². The lowest BCUT2D eigenvalue weighted by molar-refractivity contribution is -0.129. The van der Waals surface area contributed by atoms with Crippen LogP contribution in [0.25, 0.3) is 11.3 Å². The SMILES string of the molecule is CN1C(=O)C(c2cc(OC3CC3)cc(-c3ccon3)c2)(c2ccnc(CF)c2)N=C1N. The van der Waals surface area contributed by atoms with Crippen LogP contribution < -0.4 is 10.5 Å². The van der Waals surface area contributed by atoms with Crippen LogP contribution in [0.5, 0.6) is 5.75 Å². The Morgan fingerprint density at radius 3 is 2.74 bits per heavy atom. The number of halogens is 1. The minimum Gasteiger partial charge on any atom is -0.490 e. The summed E-state index contributed by atoms with van der Waals surface area (Å²) < 4.78 is 24.4. The number of guanidine groups is 1. The average Bonchev–Trinajstić information content (AvgIpc) is 3.36. The summed E-state index contributed by atoms with van der Waals surface area (Å²) in [5, 5.41) is 4.02. The third-order valence-corrected chi connectivity index (χ3v) is 5.50. The Morgan fingerprint density at radius 2 is 2.10 bits per heavy atom. The molecular weight excluding hydrogens is 401 g/mol. The monoisotopic (exact) mass is 421 g/mol. The van der Waals surface area contributed by atoms with Crippen LogP contribution in [0.3, 0.4) is 0 Å². The smallest absolute Gasteiger partial charge is 0.266 e. The molecule has 0 saturated heterocycles. The van der Waals surface area contributed by atoms with E-state index in [1.807, 2.05) is 6.07 Å². The van der Waals surface area contributed by atoms with Gasteiger partial charge in [0.05, 0.1) is 11.8 Å². The molecule has 0 bridgehead atoms. The van der Waals surface area contributed by atoms with Gasteiger partial charge in [-0.3, -0.25) is 14.7 Å². The van der Waals surface area contributed by atoms with Gasteiger partial charge in [0.2, 0.25) is 0 Å². The summed E-state index contributed by atoms with van der Waals surface area (Å²) in [6.07, 6.45) is 5.04. The predicted octanol–water partition coefficient (Wildman–Crippen LogP) is 2.78. The van der Waals surface area contributed by atoms with Crippen LogP contribution in [-0.4, -0.2) is 40.1 Å². The molecule has 31 heavy (non-hydrogen) atoms. The van der Waals surface area contributed by atoms with Crippen molar-refractivity contribution >= 4 is 11.9 Å². The molecule has 158 valence electrons. The summed E-state index contributed by atoms with van der Waals surface area (Å²) >= 11 is 0. The highest BCUT2D eigenvalue weighted by Crippen LogP contribution is 2.43. The van der Waals surface area contributed by atoms with Gasteiger partial charge in [0.1, 0.15) is 24.4 Å². The van der Waals surface area contributed by atoms with Crippen LogP contribution >= 0.6 is 0 Å². The molecule has 5 rings (SSSR count). The second-order valence-corrected chi connectivity index (χ2v) is 7.66. The maximum absolute atomic E-state index is 13.5. The van der Waals surface area contributed by atoms with Gasteiger partial charge >= 0.3 is 0 Å². The first-order valence-corrected chi connectivity index (χ1v) is 9.89. The molecule has 1 amide bonds. The number of likely N-dealkylation sites (N-methyl/N-ethyl adjacent to an activating group) is 1. The van der Waals surface area contributed by atoms with Gasteiger partial charge in [0, 0.05) is 24.9 Å². The molecule has 0 spiro atoms. The average molecular weight is 421 g/mol. The lowest BCUT2D eigenvalue weighted by Crippen LogP contribution is -2.41. The fraction of sp³-hybridized carbons (Fsp3) is 0.273. The van der Waals surface area contributed by atoms with Crippen molar-refractivity contribution < 1.29 is 18.4 Å². The van der Waals surface area contributed by atoms with Crippen molar-refractivity contribution in [1.29, 1.82) is 0 Å². The van der Waals surface area contributed by atoms with Gasteiger partial charge in [-0.2, -0.15) is 0 Å². The Labute approximate surface area is 177 Å². The van der Waals surface area contributed by atoms with E-state index in [4.69, 9.17) is 15.0 Å². The van der Waals surface area contributed by atoms with Crippen LogP contribution in [0.4, 0.5) is 4.39 Å². The number of alkyl halides is 1. The molecule has 1 unspecified atom stereocenters. The van der Waals surface area contributed by atoms with Gasteiger partial charge in [-0.05, 0) is 54.3 Å². The zero-order valence-electron chi connectivity index (χ0n) is 16.8. The first kappa shape index (κ1) is 19.2. The maximum atomic E-state index is 13.5. The summed E-state index contributed by atoms with van der Waals surface area (Å²) in [7, 11) is 1.56. The Morgan fingerprint density at radius 1 is 1.26 bits per heavy atom. The number of nitrogens with two attached hydrogens (primary N) is 1. The fourth-order valence-electron chi connectivity index (χ4n) is 3.72. The summed E-state index contributed by atoms with van der Waals surface area (Å²) in [6.45, 7) is -0.762. The van der Waals surface area contributed by atoms with E-state index < -0.39 is 12.2 Å². The normalized spacial score (nSPS) is 20.8. The Bertz CT molecular complexity index is 1180. The molecule has 1 saturated carbocycles. The highest BCUT2D eigenvalue weighted by molar-refractivity contribution is 6.09. The molecule has 9 heteroatoms. The number of ether oxygens (including phenoxy) is 1. The molecule has 3 heterocycles. The first-order valence-electron chi connectivity index (χ1n) is 9.89. The van der Waals surface area contributed by atoms with Crippen molar-refractivity contribution in [2.75, 3.05) is 7.05 Å². The molecular formula is C22H20FN5O3. The van der Waals surface area contributed by atoms with Crippen molar-refractivity contribution in [2.24, 2.45) is 10.7 Å². The number of carbonyl (C=O) groups excluding carboxylic acids is 1. The largest absolute Gasteiger partial charge is 0.490 e. The molecule has 1 aliphatic heterocycles. The van der Waals surface area contributed by atoms with E-state index in [0.29, 0.717) is 28.1 Å². The van der Waals surface area contributed by atoms with E-state index in [1.165, 1.54) is 23.4 Å². The summed E-state index contributed by atoms with van der Waals surface area (Å²) in [6, 6.07) is 10.4. The Balaban J connectivity index is 1.75. The van der Waals surface area contributed by atoms with Gasteiger partial charge < -0.3 is 15.0 Å². The van der Waals surface area contributed by atoms with Crippen LogP contribution in [0.2, 0.25) is 0 Å². The topological polar surface area (TPSA) is 107 Å². The zero-order chi connectivity index (χ0) is 21.6. The number of nitrogens with zero attached hydrogens (tertiary/aromatic N) is 4. The van der Waals surface area contributed by atoms with Gasteiger partial charge in [-0.1, -0.05) is 5.16 Å². The molecule has 3 aromatic rings. The first-order chi connectivity index (χ1) is 15.0. The molecule has 1 aromatic carbocycles. The fourth-order valence-corrected chi connectivity index (χ4v) is 3.72. The number of aromatic nitrogens is 2. The lowest BCUT2D eigenvalue weighted by atomic mass is 9.82. The van der Waals surface area contributed by atoms with Crippen LogP contribution in [0, 0.1) is 0 Å². The van der Waals surface area contributed by atoms with Gasteiger partial charge in [0.15, 0.2) is 11.5 Å². The van der Waals surface area contributed by atoms with Crippen molar-refractivity contribution in [3.05, 3.63) is 65.7 Å². The third kappa shape index (κ3) is 3.22. The quantitative estimate of drug-likeness (QED) is 0.656. The van der Waals surface area contributed by atoms with Gasteiger partial charge in [-0.15, -0.1) is 0 Å². The van der Waals surface area contributed by atoms with Crippen molar-refractivity contribution in [3.8, 4) is 17.0 Å². The number of pyridine rings is 1. The number of carbonyl (C=O) groups is 1. The highest BCUT2D eigenvalue weighted by Gasteiger charge is 2.50. The molecule has 1 atom stereocenters. The number of benzene rings is 1. The molecule has 8 nitrogen and oxygen atoms in total. The minimum absolute atomic E-state index is 0.0695. The van der Waals surface area contributed by atoms with Gasteiger partial charge in [-0.25, -0.2) is 9.38 Å². The number of hydrogen-bond acceptors (Lipinski definition) is 7. The molecule has 2 aliphatic rings. The van der Waals surface area contributed by atoms with E-state index >= 15 is 0 Å². The third-order valence-electron chi connectivity index (χ3n) is 5.50. The summed E-state index contributed by atoms with van der Waals surface area (Å²) in [5.74, 6) is 0.309. The van der Waals surface area contributed by atoms with Crippen LogP contribution in [0.1, 0.15) is 29.7 Å². The second kappa shape index (κ2) is 7.19. The van der Waals surface area contributed by atoms with E-state index in [2.05, 4.69) is 15.1 Å². The number of hydrogen-bond donors (Lipinski definition) is 1. The Kier molecular flexibility index (Phi) is 4.46. The van der Waals surface area contributed by atoms with E-state index in [1.54, 1.807) is 31.3 Å². The van der Waals surface area contributed by atoms with Crippen LogP contribution in [0.15, 0.2) is 58.4 Å². The molecule has 1 fully saturated rings. The number of aliphatic imine (C=N–C) groups is 1. The lowest BCUT2D eigenvalue weighted by Gasteiger charge is -2.27. The number of rotatable bonds is 6. The standard InChI is InChI=1S/C22H20FN5O3/c1-28-20(29)22(26-21(28)24,14-4-6-25-16(10-14)12-23)15-8-13(19-5-7-30-27-19)9-18(11-15)31-17-2-3-17/h4-11,17H,2-3,12H2,1H3,(H2,24,26). The highest BCUT2D eigenvalue weighted by atomic mass is 19.1. The Hall–Kier alpha value is -3.75. The van der Waals surface area contributed by atoms with E-state index in [0.717, 1.165) is 12.8 Å². The van der Waals surface area contributed by atoms with E-state index in [9.17, 15) is 9.18 Å². The number of amides is 1. The maximum Gasteiger partial charge on any atom is 0.266 e. The van der Waals surface area contributed by atoms with Crippen molar-refractivity contribution in [3.63, 3.8) is 0 Å².